The Morgan fingerprint density at radius 1 is 1.00 bits per heavy atom. The van der Waals surface area contributed by atoms with Gasteiger partial charge in [0, 0.05) is 12.1 Å². The molecule has 0 heterocycles. The SMILES string of the molecule is CC[C@H](C)c1ccccc1NC(=O)[C@@H](C)OC(=O)[C@H](Cc1ccccc1)NC(N)=O. The first-order valence-corrected chi connectivity index (χ1v) is 10.0. The van der Waals surface area contributed by atoms with E-state index in [4.69, 9.17) is 10.5 Å². The zero-order valence-corrected chi connectivity index (χ0v) is 17.6. The summed E-state index contributed by atoms with van der Waals surface area (Å²) in [7, 11) is 0. The first-order chi connectivity index (χ1) is 14.3. The Morgan fingerprint density at radius 2 is 1.63 bits per heavy atom. The quantitative estimate of drug-likeness (QED) is 0.550. The van der Waals surface area contributed by atoms with Gasteiger partial charge in [0.15, 0.2) is 6.10 Å². The van der Waals surface area contributed by atoms with Gasteiger partial charge in [-0.25, -0.2) is 9.59 Å². The number of nitrogens with two attached hydrogens (primary N) is 1. The van der Waals surface area contributed by atoms with Crippen LogP contribution in [0.3, 0.4) is 0 Å². The number of carbonyl (C=O) groups excluding carboxylic acids is 3. The third kappa shape index (κ3) is 6.62. The number of amides is 3. The first kappa shape index (κ1) is 22.9. The highest BCUT2D eigenvalue weighted by Crippen LogP contribution is 2.26. The molecular weight excluding hydrogens is 382 g/mol. The second-order valence-corrected chi connectivity index (χ2v) is 7.22. The number of urea groups is 1. The number of carbonyl (C=O) groups is 3. The average molecular weight is 412 g/mol. The van der Waals surface area contributed by atoms with Gasteiger partial charge in [-0.05, 0) is 36.5 Å². The van der Waals surface area contributed by atoms with Gasteiger partial charge in [-0.3, -0.25) is 4.79 Å². The van der Waals surface area contributed by atoms with Crippen molar-refractivity contribution >= 4 is 23.6 Å². The molecule has 2 aromatic carbocycles. The van der Waals surface area contributed by atoms with Crippen LogP contribution in [0.15, 0.2) is 54.6 Å². The molecule has 0 unspecified atom stereocenters. The summed E-state index contributed by atoms with van der Waals surface area (Å²) in [5, 5.41) is 5.22. The average Bonchev–Trinajstić information content (AvgIpc) is 2.73. The van der Waals surface area contributed by atoms with E-state index in [9.17, 15) is 14.4 Å². The number of rotatable bonds is 9. The van der Waals surface area contributed by atoms with Crippen molar-refractivity contribution in [3.05, 3.63) is 65.7 Å². The van der Waals surface area contributed by atoms with Crippen molar-refractivity contribution in [2.45, 2.75) is 51.7 Å². The molecule has 0 fully saturated rings. The van der Waals surface area contributed by atoms with Crippen molar-refractivity contribution in [2.75, 3.05) is 5.32 Å². The summed E-state index contributed by atoms with van der Waals surface area (Å²) in [5.74, 6) is -0.901. The van der Waals surface area contributed by atoms with Crippen molar-refractivity contribution < 1.29 is 19.1 Å². The number of nitrogens with one attached hydrogen (secondary N) is 2. The maximum Gasteiger partial charge on any atom is 0.329 e. The van der Waals surface area contributed by atoms with Crippen LogP contribution in [0.1, 0.15) is 44.2 Å². The minimum Gasteiger partial charge on any atom is -0.451 e. The number of primary amides is 1. The lowest BCUT2D eigenvalue weighted by atomic mass is 9.97. The Morgan fingerprint density at radius 3 is 2.27 bits per heavy atom. The molecule has 2 rings (SSSR count). The van der Waals surface area contributed by atoms with E-state index in [2.05, 4.69) is 24.5 Å². The molecule has 7 heteroatoms. The molecule has 0 aliphatic carbocycles. The minimum absolute atomic E-state index is 0.202. The van der Waals surface area contributed by atoms with E-state index in [1.165, 1.54) is 6.92 Å². The molecule has 0 aliphatic rings. The van der Waals surface area contributed by atoms with Gasteiger partial charge in [0.1, 0.15) is 6.04 Å². The number of hydrogen-bond acceptors (Lipinski definition) is 4. The lowest BCUT2D eigenvalue weighted by Gasteiger charge is -2.21. The Hall–Kier alpha value is -3.35. The summed E-state index contributed by atoms with van der Waals surface area (Å²) >= 11 is 0. The number of benzene rings is 2. The van der Waals surface area contributed by atoms with Gasteiger partial charge in [0.25, 0.3) is 5.91 Å². The van der Waals surface area contributed by atoms with Crippen molar-refractivity contribution in [1.82, 2.24) is 5.32 Å². The van der Waals surface area contributed by atoms with Crippen LogP contribution in [0.2, 0.25) is 0 Å². The standard InChI is InChI=1S/C23H29N3O4/c1-4-15(2)18-12-8-9-13-19(18)25-21(27)16(3)30-22(28)20(26-23(24)29)14-17-10-6-5-7-11-17/h5-13,15-16,20H,4,14H2,1-3H3,(H,25,27)(H3,24,26,29)/t15-,16+,20-/m0/s1. The van der Waals surface area contributed by atoms with Gasteiger partial charge in [0.05, 0.1) is 0 Å². The van der Waals surface area contributed by atoms with E-state index in [0.29, 0.717) is 5.69 Å². The number of ether oxygens (including phenoxy) is 1. The van der Waals surface area contributed by atoms with Gasteiger partial charge < -0.3 is 21.1 Å². The van der Waals surface area contributed by atoms with Crippen LogP contribution in [0, 0.1) is 0 Å². The molecule has 0 saturated heterocycles. The molecule has 7 nitrogen and oxygen atoms in total. The molecular formula is C23H29N3O4. The Balaban J connectivity index is 2.05. The van der Waals surface area contributed by atoms with Crippen LogP contribution >= 0.6 is 0 Å². The molecule has 0 aliphatic heterocycles. The van der Waals surface area contributed by atoms with Crippen LogP contribution in [-0.2, 0) is 20.7 Å². The largest absolute Gasteiger partial charge is 0.451 e. The molecule has 0 saturated carbocycles. The predicted octanol–water partition coefficient (Wildman–Crippen LogP) is 3.35. The molecule has 2 aromatic rings. The van der Waals surface area contributed by atoms with Crippen LogP contribution < -0.4 is 16.4 Å². The normalized spacial score (nSPS) is 13.6. The number of esters is 1. The Bertz CT molecular complexity index is 870. The summed E-state index contributed by atoms with van der Waals surface area (Å²) in [6.07, 6.45) is 0.0842. The van der Waals surface area contributed by atoms with E-state index >= 15 is 0 Å². The van der Waals surface area contributed by atoms with E-state index in [1.807, 2.05) is 54.6 Å². The molecule has 0 spiro atoms. The van der Waals surface area contributed by atoms with Crippen LogP contribution in [0.4, 0.5) is 10.5 Å². The summed E-state index contributed by atoms with van der Waals surface area (Å²) in [5.41, 5.74) is 7.73. The van der Waals surface area contributed by atoms with Gasteiger partial charge in [-0.2, -0.15) is 0 Å². The summed E-state index contributed by atoms with van der Waals surface area (Å²) in [6, 6.07) is 14.9. The van der Waals surface area contributed by atoms with Gasteiger partial charge in [-0.1, -0.05) is 62.4 Å². The number of para-hydroxylation sites is 1. The summed E-state index contributed by atoms with van der Waals surface area (Å²) < 4.78 is 5.33. The maximum atomic E-state index is 12.6. The zero-order chi connectivity index (χ0) is 22.1. The highest BCUT2D eigenvalue weighted by atomic mass is 16.5. The lowest BCUT2D eigenvalue weighted by molar-refractivity contribution is -0.155. The van der Waals surface area contributed by atoms with Crippen molar-refractivity contribution in [2.24, 2.45) is 5.73 Å². The zero-order valence-electron chi connectivity index (χ0n) is 17.6. The minimum atomic E-state index is -1.05. The molecule has 160 valence electrons. The fourth-order valence-corrected chi connectivity index (χ4v) is 3.02. The predicted molar refractivity (Wildman–Crippen MR) is 116 cm³/mol. The van der Waals surface area contributed by atoms with Crippen molar-refractivity contribution in [3.8, 4) is 0 Å². The van der Waals surface area contributed by atoms with E-state index in [0.717, 1.165) is 17.5 Å². The molecule has 4 N–H and O–H groups in total. The van der Waals surface area contributed by atoms with E-state index in [1.54, 1.807) is 0 Å². The molecule has 0 bridgehead atoms. The highest BCUT2D eigenvalue weighted by molar-refractivity contribution is 5.96. The molecule has 0 radical (unpaired) electrons. The van der Waals surface area contributed by atoms with Crippen LogP contribution in [0.5, 0.6) is 0 Å². The number of hydrogen-bond donors (Lipinski definition) is 3. The smallest absolute Gasteiger partial charge is 0.329 e. The van der Waals surface area contributed by atoms with E-state index in [-0.39, 0.29) is 12.3 Å². The molecule has 30 heavy (non-hydrogen) atoms. The lowest BCUT2D eigenvalue weighted by Crippen LogP contribution is -2.47. The molecule has 3 amide bonds. The van der Waals surface area contributed by atoms with Crippen molar-refractivity contribution in [1.29, 1.82) is 0 Å². The third-order valence-electron chi connectivity index (χ3n) is 4.91. The third-order valence-corrected chi connectivity index (χ3v) is 4.91. The topological polar surface area (TPSA) is 111 Å². The Labute approximate surface area is 177 Å². The monoisotopic (exact) mass is 411 g/mol. The van der Waals surface area contributed by atoms with Crippen LogP contribution in [-0.4, -0.2) is 30.1 Å². The second-order valence-electron chi connectivity index (χ2n) is 7.22. The Kier molecular flexibility index (Phi) is 8.41. The first-order valence-electron chi connectivity index (χ1n) is 10.0. The van der Waals surface area contributed by atoms with Crippen molar-refractivity contribution in [3.63, 3.8) is 0 Å². The fourth-order valence-electron chi connectivity index (χ4n) is 3.02. The summed E-state index contributed by atoms with van der Waals surface area (Å²) in [6.45, 7) is 5.65. The maximum absolute atomic E-state index is 12.6. The number of anilines is 1. The highest BCUT2D eigenvalue weighted by Gasteiger charge is 2.26. The molecule has 0 aromatic heterocycles. The molecule has 3 atom stereocenters. The van der Waals surface area contributed by atoms with Crippen LogP contribution in [0.25, 0.3) is 0 Å². The summed E-state index contributed by atoms with van der Waals surface area (Å²) in [4.78, 5) is 36.5. The van der Waals surface area contributed by atoms with E-state index < -0.39 is 30.1 Å². The van der Waals surface area contributed by atoms with Gasteiger partial charge in [0.2, 0.25) is 0 Å². The van der Waals surface area contributed by atoms with Gasteiger partial charge in [-0.15, -0.1) is 0 Å². The van der Waals surface area contributed by atoms with Gasteiger partial charge >= 0.3 is 12.0 Å². The fraction of sp³-hybridized carbons (Fsp3) is 0.348. The second kappa shape index (κ2) is 11.0.